The van der Waals surface area contributed by atoms with E-state index in [0.717, 1.165) is 4.90 Å². The van der Waals surface area contributed by atoms with Gasteiger partial charge in [0.15, 0.2) is 18.1 Å². The van der Waals surface area contributed by atoms with Crippen LogP contribution in [0.25, 0.3) is 6.08 Å². The van der Waals surface area contributed by atoms with Crippen molar-refractivity contribution in [3.8, 4) is 11.5 Å². The quantitative estimate of drug-likeness (QED) is 0.438. The number of hydrogen-bond acceptors (Lipinski definition) is 6. The molecular formula is C21H16BrClN2O7. The monoisotopic (exact) mass is 522 g/mol. The fraction of sp³-hybridized carbons (Fsp3) is 0.143. The molecule has 4 amide bonds. The molecule has 11 heteroatoms. The van der Waals surface area contributed by atoms with Crippen molar-refractivity contribution in [2.45, 2.75) is 6.92 Å². The molecule has 0 unspecified atom stereocenters. The SMILES string of the molecule is COc1cc(C=C2C(=O)NC(=O)N(c3cc(Cl)ccc3C)C2=O)cc(Br)c1OCC(=O)O. The van der Waals surface area contributed by atoms with Gasteiger partial charge in [-0.05, 0) is 64.3 Å². The normalized spacial score (nSPS) is 15.1. The molecule has 0 spiro atoms. The summed E-state index contributed by atoms with van der Waals surface area (Å²) in [5.41, 5.74) is 0.926. The summed E-state index contributed by atoms with van der Waals surface area (Å²) in [6.45, 7) is 1.11. The van der Waals surface area contributed by atoms with Crippen molar-refractivity contribution < 1.29 is 33.8 Å². The number of carboxylic acids is 1. The number of carboxylic acid groups (broad SMARTS) is 1. The fourth-order valence-corrected chi connectivity index (χ4v) is 3.70. The summed E-state index contributed by atoms with van der Waals surface area (Å²) in [4.78, 5) is 49.6. The molecule has 1 heterocycles. The molecule has 2 aromatic rings. The minimum Gasteiger partial charge on any atom is -0.493 e. The lowest BCUT2D eigenvalue weighted by molar-refractivity contribution is -0.139. The van der Waals surface area contributed by atoms with Gasteiger partial charge in [-0.25, -0.2) is 14.5 Å². The van der Waals surface area contributed by atoms with Crippen molar-refractivity contribution in [3.05, 3.63) is 56.5 Å². The Labute approximate surface area is 195 Å². The van der Waals surface area contributed by atoms with Gasteiger partial charge in [0.2, 0.25) is 0 Å². The van der Waals surface area contributed by atoms with E-state index < -0.39 is 30.4 Å². The Kier molecular flexibility index (Phi) is 6.85. The topological polar surface area (TPSA) is 122 Å². The van der Waals surface area contributed by atoms with E-state index in [1.54, 1.807) is 19.1 Å². The Bertz CT molecular complexity index is 1180. The van der Waals surface area contributed by atoms with Gasteiger partial charge in [-0.15, -0.1) is 0 Å². The van der Waals surface area contributed by atoms with E-state index in [0.29, 0.717) is 20.6 Å². The molecule has 3 rings (SSSR count). The number of carbonyl (C=O) groups excluding carboxylic acids is 3. The van der Waals surface area contributed by atoms with E-state index in [1.807, 2.05) is 0 Å². The van der Waals surface area contributed by atoms with Crippen LogP contribution in [0.15, 0.2) is 40.4 Å². The molecule has 0 atom stereocenters. The highest BCUT2D eigenvalue weighted by Crippen LogP contribution is 2.37. The third-order valence-electron chi connectivity index (χ3n) is 4.42. The first-order valence-electron chi connectivity index (χ1n) is 9.02. The lowest BCUT2D eigenvalue weighted by Crippen LogP contribution is -2.54. The highest BCUT2D eigenvalue weighted by atomic mass is 79.9. The van der Waals surface area contributed by atoms with Crippen LogP contribution in [0.3, 0.4) is 0 Å². The number of amides is 4. The Balaban J connectivity index is 2.03. The van der Waals surface area contributed by atoms with Gasteiger partial charge >= 0.3 is 12.0 Å². The standard InChI is InChI=1S/C21H16BrClN2O7/c1-10-3-4-12(23)8-15(10)25-20(29)13(19(28)24-21(25)30)5-11-6-14(22)18(16(7-11)31-2)32-9-17(26)27/h3-8H,9H2,1-2H3,(H,26,27)(H,24,28,30). The third-order valence-corrected chi connectivity index (χ3v) is 5.24. The van der Waals surface area contributed by atoms with Gasteiger partial charge in [-0.1, -0.05) is 17.7 Å². The number of aliphatic carboxylic acids is 1. The zero-order valence-electron chi connectivity index (χ0n) is 16.8. The molecule has 1 saturated heterocycles. The van der Waals surface area contributed by atoms with Gasteiger partial charge in [-0.2, -0.15) is 0 Å². The van der Waals surface area contributed by atoms with Crippen molar-refractivity contribution in [1.82, 2.24) is 5.32 Å². The van der Waals surface area contributed by atoms with Crippen molar-refractivity contribution in [2.75, 3.05) is 18.6 Å². The number of imide groups is 2. The lowest BCUT2D eigenvalue weighted by atomic mass is 10.1. The number of rotatable bonds is 6. The van der Waals surface area contributed by atoms with E-state index in [4.69, 9.17) is 26.2 Å². The van der Waals surface area contributed by atoms with Crippen molar-refractivity contribution in [3.63, 3.8) is 0 Å². The van der Waals surface area contributed by atoms with Crippen LogP contribution in [0.4, 0.5) is 10.5 Å². The smallest absolute Gasteiger partial charge is 0.341 e. The zero-order chi connectivity index (χ0) is 23.6. The summed E-state index contributed by atoms with van der Waals surface area (Å²) in [7, 11) is 1.35. The number of carbonyl (C=O) groups is 4. The molecule has 1 aliphatic heterocycles. The highest BCUT2D eigenvalue weighted by Gasteiger charge is 2.37. The summed E-state index contributed by atoms with van der Waals surface area (Å²) in [6, 6.07) is 6.80. The number of benzene rings is 2. The van der Waals surface area contributed by atoms with Crippen molar-refractivity contribution in [2.24, 2.45) is 0 Å². The number of ether oxygens (including phenoxy) is 2. The predicted molar refractivity (Wildman–Crippen MR) is 119 cm³/mol. The Morgan fingerprint density at radius 1 is 1.25 bits per heavy atom. The number of urea groups is 1. The summed E-state index contributed by atoms with van der Waals surface area (Å²) in [6.07, 6.45) is 1.28. The second kappa shape index (κ2) is 9.41. The van der Waals surface area contributed by atoms with Gasteiger partial charge < -0.3 is 14.6 Å². The minimum absolute atomic E-state index is 0.142. The van der Waals surface area contributed by atoms with Crippen LogP contribution in [0, 0.1) is 6.92 Å². The summed E-state index contributed by atoms with van der Waals surface area (Å²) >= 11 is 9.29. The van der Waals surface area contributed by atoms with Gasteiger partial charge in [0.1, 0.15) is 5.57 Å². The summed E-state index contributed by atoms with van der Waals surface area (Å²) in [5.74, 6) is -2.55. The number of anilines is 1. The second-order valence-electron chi connectivity index (χ2n) is 6.61. The summed E-state index contributed by atoms with van der Waals surface area (Å²) < 4.78 is 10.8. The van der Waals surface area contributed by atoms with Crippen LogP contribution in [-0.4, -0.2) is 42.6 Å². The summed E-state index contributed by atoms with van der Waals surface area (Å²) in [5, 5.41) is 11.3. The number of nitrogens with zero attached hydrogens (tertiary/aromatic N) is 1. The number of halogens is 2. The molecular weight excluding hydrogens is 508 g/mol. The molecule has 1 aliphatic rings. The molecule has 2 N–H and O–H groups in total. The molecule has 0 aromatic heterocycles. The zero-order valence-corrected chi connectivity index (χ0v) is 19.1. The average molecular weight is 524 g/mol. The molecule has 9 nitrogen and oxygen atoms in total. The van der Waals surface area contributed by atoms with Crippen LogP contribution in [0.1, 0.15) is 11.1 Å². The van der Waals surface area contributed by atoms with Gasteiger partial charge in [0.25, 0.3) is 11.8 Å². The number of barbiturate groups is 1. The Morgan fingerprint density at radius 2 is 1.97 bits per heavy atom. The first-order chi connectivity index (χ1) is 15.1. The Hall–Kier alpha value is -3.37. The minimum atomic E-state index is -1.17. The van der Waals surface area contributed by atoms with Crippen molar-refractivity contribution >= 4 is 63.1 Å². The van der Waals surface area contributed by atoms with Gasteiger partial charge in [-0.3, -0.25) is 14.9 Å². The molecule has 0 radical (unpaired) electrons. The number of nitrogens with one attached hydrogen (secondary N) is 1. The van der Waals surface area contributed by atoms with Crippen molar-refractivity contribution in [1.29, 1.82) is 0 Å². The van der Waals surface area contributed by atoms with E-state index >= 15 is 0 Å². The lowest BCUT2D eigenvalue weighted by Gasteiger charge is -2.27. The first-order valence-corrected chi connectivity index (χ1v) is 10.2. The maximum absolute atomic E-state index is 13.1. The van der Waals surface area contributed by atoms with Crippen LogP contribution < -0.4 is 19.7 Å². The molecule has 2 aromatic carbocycles. The largest absolute Gasteiger partial charge is 0.493 e. The average Bonchev–Trinajstić information content (AvgIpc) is 2.72. The first kappa shape index (κ1) is 23.3. The Morgan fingerprint density at radius 3 is 2.62 bits per heavy atom. The maximum atomic E-state index is 13.1. The third kappa shape index (κ3) is 4.76. The number of hydrogen-bond donors (Lipinski definition) is 2. The molecule has 0 saturated carbocycles. The van der Waals surface area contributed by atoms with E-state index in [9.17, 15) is 19.2 Å². The number of methoxy groups -OCH3 is 1. The maximum Gasteiger partial charge on any atom is 0.341 e. The molecule has 0 aliphatic carbocycles. The van der Waals surface area contributed by atoms with Crippen LogP contribution in [0.2, 0.25) is 5.02 Å². The van der Waals surface area contributed by atoms with Gasteiger partial charge in [0, 0.05) is 5.02 Å². The molecule has 1 fully saturated rings. The molecule has 0 bridgehead atoms. The highest BCUT2D eigenvalue weighted by molar-refractivity contribution is 9.10. The van der Waals surface area contributed by atoms with Crippen LogP contribution in [0.5, 0.6) is 11.5 Å². The molecule has 166 valence electrons. The van der Waals surface area contributed by atoms with E-state index in [2.05, 4.69) is 21.2 Å². The fourth-order valence-electron chi connectivity index (χ4n) is 2.96. The molecule has 32 heavy (non-hydrogen) atoms. The van der Waals surface area contributed by atoms with E-state index in [-0.39, 0.29) is 22.8 Å². The van der Waals surface area contributed by atoms with Crippen LogP contribution in [-0.2, 0) is 14.4 Å². The van der Waals surface area contributed by atoms with Gasteiger partial charge in [0.05, 0.1) is 17.3 Å². The second-order valence-corrected chi connectivity index (χ2v) is 7.90. The van der Waals surface area contributed by atoms with Crippen LogP contribution >= 0.6 is 27.5 Å². The predicted octanol–water partition coefficient (Wildman–Crippen LogP) is 3.55. The van der Waals surface area contributed by atoms with E-state index in [1.165, 1.54) is 31.4 Å². The number of aryl methyl sites for hydroxylation is 1.